The van der Waals surface area contributed by atoms with Crippen LogP contribution >= 0.6 is 0 Å². The quantitative estimate of drug-likeness (QED) is 0.833. The van der Waals surface area contributed by atoms with Gasteiger partial charge in [-0.15, -0.1) is 0 Å². The number of phenolic OH excluding ortho intramolecular Hbond substituents is 1. The summed E-state index contributed by atoms with van der Waals surface area (Å²) in [4.78, 5) is 1.50. The number of fused-ring (bicyclic) bond motifs is 4. The Kier molecular flexibility index (Phi) is 2.80. The van der Waals surface area contributed by atoms with Gasteiger partial charge in [0.1, 0.15) is 6.04 Å². The Labute approximate surface area is 140 Å². The zero-order chi connectivity index (χ0) is 16.4. The molecule has 0 aromatic heterocycles. The van der Waals surface area contributed by atoms with Crippen LogP contribution in [0.1, 0.15) is 22.7 Å². The van der Waals surface area contributed by atoms with E-state index in [-0.39, 0.29) is 12.5 Å². The van der Waals surface area contributed by atoms with Gasteiger partial charge >= 0.3 is 0 Å². The van der Waals surface area contributed by atoms with Crippen LogP contribution in [-0.4, -0.2) is 32.6 Å². The fourth-order valence-corrected chi connectivity index (χ4v) is 4.44. The molecule has 2 aromatic carbocycles. The van der Waals surface area contributed by atoms with Gasteiger partial charge in [-0.2, -0.15) is 0 Å². The average Bonchev–Trinajstić information content (AvgIpc) is 3.06. The van der Waals surface area contributed by atoms with Crippen LogP contribution in [0.2, 0.25) is 0 Å². The lowest BCUT2D eigenvalue weighted by molar-refractivity contribution is -0.914. The maximum atomic E-state index is 10.8. The number of phenols is 1. The number of ether oxygens (including phenoxy) is 3. The smallest absolute Gasteiger partial charge is 0.231 e. The Hall–Kier alpha value is -2.40. The van der Waals surface area contributed by atoms with E-state index in [1.165, 1.54) is 16.0 Å². The van der Waals surface area contributed by atoms with Crippen LogP contribution in [0.25, 0.3) is 11.1 Å². The molecule has 5 heteroatoms. The van der Waals surface area contributed by atoms with E-state index < -0.39 is 0 Å². The molecule has 0 bridgehead atoms. The summed E-state index contributed by atoms with van der Waals surface area (Å²) in [7, 11) is 3.83. The van der Waals surface area contributed by atoms with Gasteiger partial charge in [-0.3, -0.25) is 0 Å². The van der Waals surface area contributed by atoms with Gasteiger partial charge in [-0.05, 0) is 23.3 Å². The third-order valence-electron chi connectivity index (χ3n) is 5.64. The highest BCUT2D eigenvalue weighted by atomic mass is 16.7. The summed E-state index contributed by atoms with van der Waals surface area (Å²) in [6.45, 7) is 1.34. The number of methoxy groups -OCH3 is 1. The normalized spacial score (nSPS) is 22.8. The van der Waals surface area contributed by atoms with E-state index in [0.29, 0.717) is 11.8 Å². The SMILES string of the molecule is COc1ccc2c(c1O)-c1c3c(cc4c1[C@H](C2)[NH+](C)CC4)OCO3. The highest BCUT2D eigenvalue weighted by Gasteiger charge is 2.41. The second-order valence-corrected chi connectivity index (χ2v) is 6.81. The van der Waals surface area contributed by atoms with E-state index in [9.17, 15) is 5.11 Å². The molecular weight excluding hydrogens is 306 g/mol. The minimum absolute atomic E-state index is 0.197. The molecule has 2 atom stereocenters. The zero-order valence-electron chi connectivity index (χ0n) is 13.8. The molecule has 0 amide bonds. The van der Waals surface area contributed by atoms with E-state index in [4.69, 9.17) is 14.2 Å². The van der Waals surface area contributed by atoms with Crippen molar-refractivity contribution in [2.45, 2.75) is 18.9 Å². The van der Waals surface area contributed by atoms with Crippen molar-refractivity contribution in [2.24, 2.45) is 0 Å². The standard InChI is InChI=1S/C19H19NO4/c1-20-6-5-11-8-14-19(24-9-23-14)17-15(11)12(20)7-10-3-4-13(22-2)18(21)16(10)17/h3-4,8,12,21H,5-7,9H2,1-2H3/p+1/t12-/m0/s1. The average molecular weight is 326 g/mol. The number of likely N-dealkylation sites (N-methyl/N-ethyl adjacent to an activating group) is 1. The highest BCUT2D eigenvalue weighted by Crippen LogP contribution is 2.55. The summed E-state index contributed by atoms with van der Waals surface area (Å²) in [6.07, 6.45) is 1.93. The zero-order valence-corrected chi connectivity index (χ0v) is 13.8. The Bertz CT molecular complexity index is 861. The topological polar surface area (TPSA) is 52.4 Å². The van der Waals surface area contributed by atoms with Gasteiger partial charge in [0, 0.05) is 29.5 Å². The molecule has 3 aliphatic rings. The maximum Gasteiger partial charge on any atom is 0.231 e. The summed E-state index contributed by atoms with van der Waals surface area (Å²) in [5.74, 6) is 2.24. The van der Waals surface area contributed by atoms with Crippen LogP contribution in [0, 0.1) is 0 Å². The van der Waals surface area contributed by atoms with Crippen molar-refractivity contribution in [3.63, 3.8) is 0 Å². The summed E-state index contributed by atoms with van der Waals surface area (Å²) in [5.41, 5.74) is 5.61. The molecule has 124 valence electrons. The molecule has 0 spiro atoms. The van der Waals surface area contributed by atoms with E-state index in [1.54, 1.807) is 7.11 Å². The van der Waals surface area contributed by atoms with Crippen LogP contribution in [-0.2, 0) is 12.8 Å². The van der Waals surface area contributed by atoms with Gasteiger partial charge in [0.15, 0.2) is 23.0 Å². The summed E-state index contributed by atoms with van der Waals surface area (Å²) in [5, 5.41) is 10.8. The van der Waals surface area contributed by atoms with Crippen LogP contribution in [0.3, 0.4) is 0 Å². The monoisotopic (exact) mass is 326 g/mol. The van der Waals surface area contributed by atoms with Crippen LogP contribution in [0.15, 0.2) is 18.2 Å². The van der Waals surface area contributed by atoms with E-state index in [1.807, 2.05) is 6.07 Å². The van der Waals surface area contributed by atoms with Crippen molar-refractivity contribution >= 4 is 0 Å². The number of benzene rings is 2. The fraction of sp³-hybridized carbons (Fsp3) is 0.368. The minimum Gasteiger partial charge on any atom is -0.504 e. The van der Waals surface area contributed by atoms with Crippen LogP contribution < -0.4 is 19.1 Å². The number of hydrogen-bond donors (Lipinski definition) is 2. The lowest BCUT2D eigenvalue weighted by Gasteiger charge is -2.37. The van der Waals surface area contributed by atoms with Gasteiger partial charge in [-0.1, -0.05) is 6.07 Å². The van der Waals surface area contributed by atoms with Gasteiger partial charge in [0.25, 0.3) is 0 Å². The Morgan fingerprint density at radius 3 is 2.92 bits per heavy atom. The number of nitrogens with one attached hydrogen (secondary N) is 1. The lowest BCUT2D eigenvalue weighted by atomic mass is 9.76. The Morgan fingerprint density at radius 2 is 2.08 bits per heavy atom. The van der Waals surface area contributed by atoms with Crippen molar-refractivity contribution < 1.29 is 24.2 Å². The van der Waals surface area contributed by atoms with Gasteiger partial charge in [0.2, 0.25) is 6.79 Å². The van der Waals surface area contributed by atoms with Gasteiger partial charge in [-0.25, -0.2) is 0 Å². The minimum atomic E-state index is 0.197. The number of quaternary nitrogens is 1. The van der Waals surface area contributed by atoms with E-state index >= 15 is 0 Å². The van der Waals surface area contributed by atoms with Gasteiger partial charge < -0.3 is 24.2 Å². The van der Waals surface area contributed by atoms with Crippen LogP contribution in [0.5, 0.6) is 23.0 Å². The third-order valence-corrected chi connectivity index (χ3v) is 5.64. The molecule has 1 aliphatic carbocycles. The maximum absolute atomic E-state index is 10.8. The first-order valence-electron chi connectivity index (χ1n) is 8.36. The summed E-state index contributed by atoms with van der Waals surface area (Å²) < 4.78 is 16.8. The Balaban J connectivity index is 1.88. The molecule has 24 heavy (non-hydrogen) atoms. The summed E-state index contributed by atoms with van der Waals surface area (Å²) >= 11 is 0. The summed E-state index contributed by atoms with van der Waals surface area (Å²) in [6, 6.07) is 6.42. The molecule has 0 saturated heterocycles. The molecule has 2 heterocycles. The number of aromatic hydroxyl groups is 1. The van der Waals surface area contributed by atoms with E-state index in [0.717, 1.165) is 47.6 Å². The second-order valence-electron chi connectivity index (χ2n) is 6.81. The molecular formula is C19H20NO4+. The van der Waals surface area contributed by atoms with Crippen molar-refractivity contribution in [3.8, 4) is 34.1 Å². The van der Waals surface area contributed by atoms with Crippen molar-refractivity contribution in [1.82, 2.24) is 0 Å². The first kappa shape index (κ1) is 14.0. The molecule has 2 aliphatic heterocycles. The first-order chi connectivity index (χ1) is 11.7. The number of hydrogen-bond acceptors (Lipinski definition) is 4. The molecule has 0 fully saturated rings. The van der Waals surface area contributed by atoms with Crippen molar-refractivity contribution in [2.75, 3.05) is 27.5 Å². The van der Waals surface area contributed by atoms with E-state index in [2.05, 4.69) is 19.2 Å². The molecule has 0 radical (unpaired) electrons. The van der Waals surface area contributed by atoms with Crippen molar-refractivity contribution in [3.05, 3.63) is 34.9 Å². The first-order valence-corrected chi connectivity index (χ1v) is 8.36. The molecule has 2 aromatic rings. The molecule has 0 saturated carbocycles. The largest absolute Gasteiger partial charge is 0.504 e. The molecule has 5 rings (SSSR count). The second kappa shape index (κ2) is 4.80. The van der Waals surface area contributed by atoms with Crippen molar-refractivity contribution in [1.29, 1.82) is 0 Å². The predicted octanol–water partition coefficient (Wildman–Crippen LogP) is 1.46. The molecule has 5 nitrogen and oxygen atoms in total. The third kappa shape index (κ3) is 1.68. The van der Waals surface area contributed by atoms with Gasteiger partial charge in [0.05, 0.1) is 20.7 Å². The molecule has 2 N–H and O–H groups in total. The Morgan fingerprint density at radius 1 is 1.21 bits per heavy atom. The predicted molar refractivity (Wildman–Crippen MR) is 88.1 cm³/mol. The highest BCUT2D eigenvalue weighted by molar-refractivity contribution is 5.88. The lowest BCUT2D eigenvalue weighted by Crippen LogP contribution is -3.10. The van der Waals surface area contributed by atoms with Crippen LogP contribution in [0.4, 0.5) is 0 Å². The molecule has 1 unspecified atom stereocenters. The fourth-order valence-electron chi connectivity index (χ4n) is 4.44. The number of rotatable bonds is 1.